The van der Waals surface area contributed by atoms with Crippen LogP contribution in [0, 0.1) is 6.92 Å². The number of carbonyl (C=O) groups excluding carboxylic acids is 1. The summed E-state index contributed by atoms with van der Waals surface area (Å²) in [5.74, 6) is 0.370. The van der Waals surface area contributed by atoms with Crippen molar-refractivity contribution in [3.8, 4) is 0 Å². The van der Waals surface area contributed by atoms with Crippen LogP contribution in [0.4, 0.5) is 5.13 Å². The standard InChI is InChI=1S/C20H21Cl2N3OS2.ClH/c1-13-16(22)8-9-17-19(13)23-20(28-17)25(11-10-24(2)3)18(26)12-27-15-6-4-14(21)5-7-15;/h4-9H,10-12H2,1-3H3;1H. The van der Waals surface area contributed by atoms with Crippen molar-refractivity contribution in [2.45, 2.75) is 11.8 Å². The van der Waals surface area contributed by atoms with E-state index in [0.717, 1.165) is 27.2 Å². The van der Waals surface area contributed by atoms with E-state index in [4.69, 9.17) is 28.2 Å². The Balaban J connectivity index is 0.00000300. The maximum Gasteiger partial charge on any atom is 0.239 e. The summed E-state index contributed by atoms with van der Waals surface area (Å²) in [7, 11) is 3.99. The van der Waals surface area contributed by atoms with Crippen molar-refractivity contribution in [1.82, 2.24) is 9.88 Å². The normalized spacial score (nSPS) is 11.0. The molecule has 0 atom stereocenters. The first kappa shape index (κ1) is 24.3. The number of likely N-dealkylation sites (N-methyl/N-ethyl adjacent to an activating group) is 1. The van der Waals surface area contributed by atoms with Crippen LogP contribution in [0.5, 0.6) is 0 Å². The van der Waals surface area contributed by atoms with Crippen LogP contribution in [0.25, 0.3) is 10.2 Å². The number of hydrogen-bond donors (Lipinski definition) is 0. The average molecular weight is 491 g/mol. The minimum Gasteiger partial charge on any atom is -0.308 e. The van der Waals surface area contributed by atoms with Crippen molar-refractivity contribution in [2.24, 2.45) is 0 Å². The lowest BCUT2D eigenvalue weighted by molar-refractivity contribution is -0.116. The van der Waals surface area contributed by atoms with E-state index in [0.29, 0.717) is 27.5 Å². The van der Waals surface area contributed by atoms with Gasteiger partial charge in [0.25, 0.3) is 0 Å². The highest BCUT2D eigenvalue weighted by molar-refractivity contribution is 8.00. The Morgan fingerprint density at radius 1 is 1.10 bits per heavy atom. The summed E-state index contributed by atoms with van der Waals surface area (Å²) in [4.78, 5) is 22.6. The minimum atomic E-state index is 0. The second kappa shape index (κ2) is 10.8. The number of thiazole rings is 1. The van der Waals surface area contributed by atoms with Crippen molar-refractivity contribution in [3.63, 3.8) is 0 Å². The highest BCUT2D eigenvalue weighted by atomic mass is 35.5. The number of hydrogen-bond acceptors (Lipinski definition) is 5. The third-order valence-corrected chi connectivity index (χ3v) is 6.92. The number of rotatable bonds is 7. The molecule has 156 valence electrons. The Morgan fingerprint density at radius 2 is 1.79 bits per heavy atom. The number of fused-ring (bicyclic) bond motifs is 1. The molecule has 4 nitrogen and oxygen atoms in total. The second-order valence-electron chi connectivity index (χ2n) is 6.61. The lowest BCUT2D eigenvalue weighted by Crippen LogP contribution is -2.37. The van der Waals surface area contributed by atoms with Gasteiger partial charge in [0.1, 0.15) is 0 Å². The molecule has 1 heterocycles. The predicted octanol–water partition coefficient (Wildman–Crippen LogP) is 6.02. The third kappa shape index (κ3) is 6.23. The van der Waals surface area contributed by atoms with E-state index in [1.165, 1.54) is 23.1 Å². The van der Waals surface area contributed by atoms with Crippen LogP contribution in [0.2, 0.25) is 10.0 Å². The lowest BCUT2D eigenvalue weighted by Gasteiger charge is -2.21. The van der Waals surface area contributed by atoms with Crippen LogP contribution >= 0.6 is 58.7 Å². The fraction of sp³-hybridized carbons (Fsp3) is 0.300. The number of thioether (sulfide) groups is 1. The van der Waals surface area contributed by atoms with E-state index >= 15 is 0 Å². The first-order valence-corrected chi connectivity index (χ1v) is 11.3. The van der Waals surface area contributed by atoms with Gasteiger partial charge >= 0.3 is 0 Å². The molecule has 0 N–H and O–H groups in total. The minimum absolute atomic E-state index is 0. The molecule has 0 aliphatic carbocycles. The van der Waals surface area contributed by atoms with Crippen molar-refractivity contribution >= 4 is 80.0 Å². The second-order valence-corrected chi connectivity index (χ2v) is 9.51. The topological polar surface area (TPSA) is 36.4 Å². The van der Waals surface area contributed by atoms with E-state index in [9.17, 15) is 4.79 Å². The zero-order valence-electron chi connectivity index (χ0n) is 16.3. The highest BCUT2D eigenvalue weighted by Gasteiger charge is 2.21. The molecule has 0 unspecified atom stereocenters. The van der Waals surface area contributed by atoms with Gasteiger partial charge in [-0.1, -0.05) is 34.5 Å². The van der Waals surface area contributed by atoms with Crippen LogP contribution in [0.3, 0.4) is 0 Å². The largest absolute Gasteiger partial charge is 0.308 e. The first-order chi connectivity index (χ1) is 13.3. The summed E-state index contributed by atoms with van der Waals surface area (Å²) in [6, 6.07) is 11.4. The van der Waals surface area contributed by atoms with E-state index in [-0.39, 0.29) is 18.3 Å². The quantitative estimate of drug-likeness (QED) is 0.379. The van der Waals surface area contributed by atoms with Crippen LogP contribution < -0.4 is 4.90 Å². The third-order valence-electron chi connectivity index (χ3n) is 4.22. The lowest BCUT2D eigenvalue weighted by atomic mass is 10.2. The van der Waals surface area contributed by atoms with Crippen LogP contribution in [-0.2, 0) is 4.79 Å². The van der Waals surface area contributed by atoms with Crippen LogP contribution in [-0.4, -0.2) is 48.7 Å². The molecule has 3 aromatic rings. The SMILES string of the molecule is Cc1c(Cl)ccc2sc(N(CCN(C)C)C(=O)CSc3ccc(Cl)cc3)nc12.Cl. The van der Waals surface area contributed by atoms with E-state index < -0.39 is 0 Å². The number of anilines is 1. The zero-order valence-corrected chi connectivity index (χ0v) is 20.3. The van der Waals surface area contributed by atoms with Gasteiger partial charge in [-0.15, -0.1) is 24.2 Å². The van der Waals surface area contributed by atoms with Gasteiger partial charge in [-0.25, -0.2) is 4.98 Å². The van der Waals surface area contributed by atoms with Gasteiger partial charge < -0.3 is 4.90 Å². The van der Waals surface area contributed by atoms with Crippen molar-refractivity contribution in [3.05, 3.63) is 52.0 Å². The number of amides is 1. The van der Waals surface area contributed by atoms with Gasteiger partial charge in [-0.2, -0.15) is 0 Å². The summed E-state index contributed by atoms with van der Waals surface area (Å²) in [5, 5.41) is 2.09. The molecule has 1 aromatic heterocycles. The molecular formula is C20H22Cl3N3OS2. The summed E-state index contributed by atoms with van der Waals surface area (Å²) in [6.07, 6.45) is 0. The first-order valence-electron chi connectivity index (χ1n) is 8.74. The number of halogens is 3. The maximum absolute atomic E-state index is 13.0. The molecule has 1 amide bonds. The molecule has 0 saturated heterocycles. The zero-order chi connectivity index (χ0) is 20.3. The molecule has 0 radical (unpaired) electrons. The van der Waals surface area contributed by atoms with E-state index in [1.807, 2.05) is 57.4 Å². The Morgan fingerprint density at radius 3 is 2.45 bits per heavy atom. The van der Waals surface area contributed by atoms with E-state index in [2.05, 4.69) is 4.90 Å². The predicted molar refractivity (Wildman–Crippen MR) is 130 cm³/mol. The number of aryl methyl sites for hydroxylation is 1. The highest BCUT2D eigenvalue weighted by Crippen LogP contribution is 2.34. The maximum atomic E-state index is 13.0. The molecule has 2 aromatic carbocycles. The van der Waals surface area contributed by atoms with Gasteiger partial charge in [0.05, 0.1) is 16.0 Å². The number of benzene rings is 2. The number of aromatic nitrogens is 1. The molecular weight excluding hydrogens is 469 g/mol. The molecule has 0 fully saturated rings. The van der Waals surface area contributed by atoms with Crippen LogP contribution in [0.1, 0.15) is 5.56 Å². The molecule has 0 saturated carbocycles. The molecule has 0 spiro atoms. The number of carbonyl (C=O) groups is 1. The summed E-state index contributed by atoms with van der Waals surface area (Å²) in [6.45, 7) is 3.29. The Kier molecular flexibility index (Phi) is 9.07. The fourth-order valence-corrected chi connectivity index (χ4v) is 4.71. The van der Waals surface area contributed by atoms with Gasteiger partial charge in [-0.3, -0.25) is 9.69 Å². The van der Waals surface area contributed by atoms with Gasteiger partial charge in [-0.05, 0) is 63.0 Å². The molecule has 0 bridgehead atoms. The van der Waals surface area contributed by atoms with Crippen molar-refractivity contribution in [2.75, 3.05) is 37.8 Å². The van der Waals surface area contributed by atoms with Crippen LogP contribution in [0.15, 0.2) is 41.3 Å². The van der Waals surface area contributed by atoms with Crippen molar-refractivity contribution < 1.29 is 4.79 Å². The smallest absolute Gasteiger partial charge is 0.239 e. The Labute approximate surface area is 195 Å². The average Bonchev–Trinajstić information content (AvgIpc) is 3.09. The summed E-state index contributed by atoms with van der Waals surface area (Å²) >= 11 is 15.2. The Hall–Kier alpha value is -1.02. The molecule has 29 heavy (non-hydrogen) atoms. The van der Waals surface area contributed by atoms with E-state index in [1.54, 1.807) is 4.90 Å². The fourth-order valence-electron chi connectivity index (χ4n) is 2.59. The van der Waals surface area contributed by atoms with Gasteiger partial charge in [0.15, 0.2) is 5.13 Å². The Bertz CT molecular complexity index is 977. The van der Waals surface area contributed by atoms with Gasteiger partial charge in [0.2, 0.25) is 5.91 Å². The molecule has 0 aliphatic heterocycles. The monoisotopic (exact) mass is 489 g/mol. The summed E-state index contributed by atoms with van der Waals surface area (Å²) < 4.78 is 1.03. The molecule has 9 heteroatoms. The summed E-state index contributed by atoms with van der Waals surface area (Å²) in [5.41, 5.74) is 1.80. The van der Waals surface area contributed by atoms with Crippen molar-refractivity contribution in [1.29, 1.82) is 0 Å². The molecule has 3 rings (SSSR count). The molecule has 0 aliphatic rings. The number of nitrogens with zero attached hydrogens (tertiary/aromatic N) is 3. The van der Waals surface area contributed by atoms with Gasteiger partial charge in [0, 0.05) is 28.0 Å².